The summed E-state index contributed by atoms with van der Waals surface area (Å²) in [6.07, 6.45) is 12.7. The van der Waals surface area contributed by atoms with E-state index >= 15 is 0 Å². The van der Waals surface area contributed by atoms with Gasteiger partial charge in [-0.25, -0.2) is 0 Å². The van der Waals surface area contributed by atoms with Crippen molar-refractivity contribution >= 4 is 10.9 Å². The fourth-order valence-electron chi connectivity index (χ4n) is 3.81. The van der Waals surface area contributed by atoms with E-state index in [-0.39, 0.29) is 0 Å². The highest BCUT2D eigenvalue weighted by Gasteiger charge is 2.17. The highest BCUT2D eigenvalue weighted by atomic mass is 14.7. The van der Waals surface area contributed by atoms with Crippen LogP contribution in [0.5, 0.6) is 0 Å². The average molecular weight is 269 g/mol. The number of para-hydroxylation sites is 1. The van der Waals surface area contributed by atoms with E-state index in [1.54, 1.807) is 0 Å². The second-order valence-electron chi connectivity index (χ2n) is 6.46. The number of nitrogens with one attached hydrogen (secondary N) is 1. The fraction of sp³-hybridized carbons (Fsp3) is 0.579. The van der Waals surface area contributed by atoms with Crippen LogP contribution in [0.15, 0.2) is 24.3 Å². The molecule has 1 nitrogen and oxygen atoms in total. The number of aromatic amines is 1. The molecule has 0 bridgehead atoms. The first-order valence-corrected chi connectivity index (χ1v) is 8.43. The van der Waals surface area contributed by atoms with E-state index in [1.807, 2.05) is 0 Å². The van der Waals surface area contributed by atoms with E-state index in [4.69, 9.17) is 0 Å². The molecule has 0 unspecified atom stereocenters. The van der Waals surface area contributed by atoms with Crippen LogP contribution in [0.4, 0.5) is 0 Å². The smallest absolute Gasteiger partial charge is 0.0458 e. The summed E-state index contributed by atoms with van der Waals surface area (Å²) in [6, 6.07) is 8.76. The van der Waals surface area contributed by atoms with Gasteiger partial charge in [-0.2, -0.15) is 0 Å². The topological polar surface area (TPSA) is 15.8 Å². The van der Waals surface area contributed by atoms with Gasteiger partial charge in [0.05, 0.1) is 0 Å². The van der Waals surface area contributed by atoms with Gasteiger partial charge >= 0.3 is 0 Å². The molecule has 0 radical (unpaired) electrons. The molecule has 1 saturated carbocycles. The molecule has 1 aromatic heterocycles. The summed E-state index contributed by atoms with van der Waals surface area (Å²) in [6.45, 7) is 2.30. The second kappa shape index (κ2) is 6.47. The van der Waals surface area contributed by atoms with Gasteiger partial charge in [-0.05, 0) is 37.3 Å². The molecule has 0 atom stereocenters. The van der Waals surface area contributed by atoms with Crippen molar-refractivity contribution in [2.75, 3.05) is 0 Å². The van der Waals surface area contributed by atoms with Crippen LogP contribution in [-0.4, -0.2) is 4.98 Å². The van der Waals surface area contributed by atoms with Crippen LogP contribution in [-0.2, 0) is 0 Å². The van der Waals surface area contributed by atoms with Crippen molar-refractivity contribution in [1.82, 2.24) is 4.98 Å². The Bertz CT molecular complexity index is 542. The van der Waals surface area contributed by atoms with Crippen LogP contribution in [0.2, 0.25) is 0 Å². The summed E-state index contributed by atoms with van der Waals surface area (Å²) >= 11 is 0. The second-order valence-corrected chi connectivity index (χ2v) is 6.46. The lowest BCUT2D eigenvalue weighted by Gasteiger charge is -2.18. The third kappa shape index (κ3) is 2.92. The number of benzene rings is 1. The zero-order chi connectivity index (χ0) is 13.8. The Kier molecular flexibility index (Phi) is 4.44. The SMILES string of the molecule is Cc1c(C2CCCCCCCCC2)[nH]c2ccccc12. The lowest BCUT2D eigenvalue weighted by Crippen LogP contribution is -2.03. The van der Waals surface area contributed by atoms with Gasteiger partial charge < -0.3 is 4.98 Å². The van der Waals surface area contributed by atoms with Gasteiger partial charge in [0, 0.05) is 16.6 Å². The van der Waals surface area contributed by atoms with E-state index in [2.05, 4.69) is 36.2 Å². The van der Waals surface area contributed by atoms with Crippen molar-refractivity contribution in [3.8, 4) is 0 Å². The average Bonchev–Trinajstić information content (AvgIpc) is 2.82. The number of aromatic nitrogens is 1. The number of aryl methyl sites for hydroxylation is 1. The summed E-state index contributed by atoms with van der Waals surface area (Å²) in [5.41, 5.74) is 4.33. The van der Waals surface area contributed by atoms with Gasteiger partial charge in [-0.3, -0.25) is 0 Å². The van der Waals surface area contributed by atoms with Crippen molar-refractivity contribution in [3.63, 3.8) is 0 Å². The fourth-order valence-corrected chi connectivity index (χ4v) is 3.81. The summed E-state index contributed by atoms with van der Waals surface area (Å²) in [5.74, 6) is 0.750. The molecule has 3 rings (SSSR count). The third-order valence-corrected chi connectivity index (χ3v) is 5.02. The minimum atomic E-state index is 0.750. The van der Waals surface area contributed by atoms with Crippen LogP contribution in [0.1, 0.15) is 75.0 Å². The summed E-state index contributed by atoms with van der Waals surface area (Å²) in [4.78, 5) is 3.72. The standard InChI is InChI=1S/C19H27N/c1-15-17-13-9-10-14-18(17)20-19(15)16-11-7-5-3-2-4-6-8-12-16/h9-10,13-14,16,20H,2-8,11-12H2,1H3. The lowest BCUT2D eigenvalue weighted by atomic mass is 9.88. The molecule has 1 N–H and O–H groups in total. The minimum Gasteiger partial charge on any atom is -0.358 e. The van der Waals surface area contributed by atoms with Crippen LogP contribution in [0, 0.1) is 6.92 Å². The molecular formula is C19H27N. The predicted octanol–water partition coefficient (Wildman–Crippen LogP) is 6.08. The molecule has 1 aliphatic rings. The Balaban J connectivity index is 1.84. The predicted molar refractivity (Wildman–Crippen MR) is 87.3 cm³/mol. The van der Waals surface area contributed by atoms with E-state index in [0.717, 1.165) is 5.92 Å². The quantitative estimate of drug-likeness (QED) is 0.645. The zero-order valence-corrected chi connectivity index (χ0v) is 12.8. The number of fused-ring (bicyclic) bond motifs is 1. The minimum absolute atomic E-state index is 0.750. The molecule has 0 spiro atoms. The molecule has 2 aromatic rings. The Morgan fingerprint density at radius 3 is 2.10 bits per heavy atom. The van der Waals surface area contributed by atoms with Crippen LogP contribution < -0.4 is 0 Å². The molecule has 108 valence electrons. The van der Waals surface area contributed by atoms with Crippen LogP contribution in [0.25, 0.3) is 10.9 Å². The van der Waals surface area contributed by atoms with Crippen molar-refractivity contribution in [2.45, 2.75) is 70.6 Å². The maximum atomic E-state index is 3.72. The number of hydrogen-bond acceptors (Lipinski definition) is 0. The van der Waals surface area contributed by atoms with E-state index in [9.17, 15) is 0 Å². The Morgan fingerprint density at radius 2 is 1.45 bits per heavy atom. The summed E-state index contributed by atoms with van der Waals surface area (Å²) in [7, 11) is 0. The number of rotatable bonds is 1. The zero-order valence-electron chi connectivity index (χ0n) is 12.8. The normalized spacial score (nSPS) is 19.2. The van der Waals surface area contributed by atoms with Gasteiger partial charge in [0.15, 0.2) is 0 Å². The third-order valence-electron chi connectivity index (χ3n) is 5.02. The first-order valence-electron chi connectivity index (χ1n) is 8.43. The molecule has 20 heavy (non-hydrogen) atoms. The van der Waals surface area contributed by atoms with Crippen LogP contribution in [0.3, 0.4) is 0 Å². The van der Waals surface area contributed by atoms with Crippen molar-refractivity contribution < 1.29 is 0 Å². The van der Waals surface area contributed by atoms with E-state index in [1.165, 1.54) is 79.9 Å². The summed E-state index contributed by atoms with van der Waals surface area (Å²) < 4.78 is 0. The molecular weight excluding hydrogens is 242 g/mol. The van der Waals surface area contributed by atoms with Crippen molar-refractivity contribution in [2.24, 2.45) is 0 Å². The molecule has 0 saturated heterocycles. The molecule has 1 aromatic carbocycles. The summed E-state index contributed by atoms with van der Waals surface area (Å²) in [5, 5.41) is 1.42. The monoisotopic (exact) mass is 269 g/mol. The van der Waals surface area contributed by atoms with Gasteiger partial charge in [0.2, 0.25) is 0 Å². The first-order chi connectivity index (χ1) is 9.86. The maximum absolute atomic E-state index is 3.72. The van der Waals surface area contributed by atoms with Gasteiger partial charge in [0.25, 0.3) is 0 Å². The van der Waals surface area contributed by atoms with E-state index in [0.29, 0.717) is 0 Å². The van der Waals surface area contributed by atoms with E-state index < -0.39 is 0 Å². The van der Waals surface area contributed by atoms with Crippen molar-refractivity contribution in [3.05, 3.63) is 35.5 Å². The molecule has 0 amide bonds. The number of hydrogen-bond donors (Lipinski definition) is 1. The maximum Gasteiger partial charge on any atom is 0.0458 e. The molecule has 1 aliphatic carbocycles. The Morgan fingerprint density at radius 1 is 0.850 bits per heavy atom. The highest BCUT2D eigenvalue weighted by molar-refractivity contribution is 5.84. The number of H-pyrrole nitrogens is 1. The first kappa shape index (κ1) is 13.7. The molecule has 1 fully saturated rings. The molecule has 0 aliphatic heterocycles. The molecule has 1 heteroatoms. The van der Waals surface area contributed by atoms with Gasteiger partial charge in [0.1, 0.15) is 0 Å². The Hall–Kier alpha value is -1.24. The lowest BCUT2D eigenvalue weighted by molar-refractivity contribution is 0.457. The largest absolute Gasteiger partial charge is 0.358 e. The van der Waals surface area contributed by atoms with Gasteiger partial charge in [-0.15, -0.1) is 0 Å². The molecule has 1 heterocycles. The highest BCUT2D eigenvalue weighted by Crippen LogP contribution is 2.34. The van der Waals surface area contributed by atoms with Gasteiger partial charge in [-0.1, -0.05) is 63.1 Å². The van der Waals surface area contributed by atoms with Crippen molar-refractivity contribution in [1.29, 1.82) is 0 Å². The Labute approximate surface area is 122 Å². The van der Waals surface area contributed by atoms with Crippen LogP contribution >= 0.6 is 0 Å².